The van der Waals surface area contributed by atoms with Crippen LogP contribution in [0.5, 0.6) is 11.5 Å². The third-order valence-electron chi connectivity index (χ3n) is 3.21. The number of carbonyl (C=O) groups excluding carboxylic acids is 1. The van der Waals surface area contributed by atoms with Crippen molar-refractivity contribution in [2.24, 2.45) is 0 Å². The number of nitro benzene ring substituents is 1. The van der Waals surface area contributed by atoms with Crippen LogP contribution >= 0.6 is 0 Å². The molecule has 0 aliphatic heterocycles. The topological polar surface area (TPSA) is 90.7 Å². The molecule has 7 heteroatoms. The summed E-state index contributed by atoms with van der Waals surface area (Å²) in [6.45, 7) is 0. The lowest BCUT2D eigenvalue weighted by molar-refractivity contribution is -0.385. The second-order valence-corrected chi connectivity index (χ2v) is 4.70. The summed E-state index contributed by atoms with van der Waals surface area (Å²) >= 11 is 0. The van der Waals surface area contributed by atoms with Crippen LogP contribution in [0.15, 0.2) is 48.5 Å². The van der Waals surface area contributed by atoms with E-state index < -0.39 is 10.8 Å². The van der Waals surface area contributed by atoms with E-state index in [2.05, 4.69) is 5.32 Å². The number of rotatable bonds is 6. The summed E-state index contributed by atoms with van der Waals surface area (Å²) < 4.78 is 10.3. The molecule has 2 aromatic carbocycles. The van der Waals surface area contributed by atoms with Crippen molar-refractivity contribution in [1.82, 2.24) is 0 Å². The summed E-state index contributed by atoms with van der Waals surface area (Å²) in [6.07, 6.45) is 2.62. The van der Waals surface area contributed by atoms with E-state index in [1.54, 1.807) is 36.4 Å². The molecule has 2 rings (SSSR count). The van der Waals surface area contributed by atoms with Gasteiger partial charge in [-0.25, -0.2) is 0 Å². The summed E-state index contributed by atoms with van der Waals surface area (Å²) in [5.74, 6) is 0.610. The van der Waals surface area contributed by atoms with Crippen LogP contribution in [0.3, 0.4) is 0 Å². The second kappa shape index (κ2) is 7.77. The van der Waals surface area contributed by atoms with E-state index in [0.29, 0.717) is 22.7 Å². The van der Waals surface area contributed by atoms with Crippen LogP contribution in [0.1, 0.15) is 5.56 Å². The fraction of sp³-hybridized carbons (Fsp3) is 0.118. The first-order valence-electron chi connectivity index (χ1n) is 6.99. The molecule has 0 saturated heterocycles. The number of para-hydroxylation sites is 1. The van der Waals surface area contributed by atoms with E-state index in [9.17, 15) is 14.9 Å². The van der Waals surface area contributed by atoms with Gasteiger partial charge in [-0.2, -0.15) is 0 Å². The number of methoxy groups -OCH3 is 2. The molecule has 0 unspecified atom stereocenters. The van der Waals surface area contributed by atoms with Crippen LogP contribution in [-0.2, 0) is 4.79 Å². The molecule has 0 fully saturated rings. The molecule has 0 atom stereocenters. The average molecular weight is 328 g/mol. The third-order valence-corrected chi connectivity index (χ3v) is 3.21. The molecule has 2 aromatic rings. The molecule has 0 saturated carbocycles. The first kappa shape index (κ1) is 17.0. The fourth-order valence-corrected chi connectivity index (χ4v) is 2.04. The van der Waals surface area contributed by atoms with Crippen LogP contribution in [0, 0.1) is 10.1 Å². The molecule has 1 N–H and O–H groups in total. The Morgan fingerprint density at radius 2 is 1.92 bits per heavy atom. The quantitative estimate of drug-likeness (QED) is 0.499. The van der Waals surface area contributed by atoms with Gasteiger partial charge in [0.05, 0.1) is 30.4 Å². The lowest BCUT2D eigenvalue weighted by Gasteiger charge is -2.10. The van der Waals surface area contributed by atoms with Gasteiger partial charge in [0, 0.05) is 18.2 Å². The van der Waals surface area contributed by atoms with Crippen LogP contribution < -0.4 is 14.8 Å². The Hall–Kier alpha value is -3.35. The number of hydrogen-bond acceptors (Lipinski definition) is 5. The Morgan fingerprint density at radius 3 is 2.58 bits per heavy atom. The smallest absolute Gasteiger partial charge is 0.276 e. The van der Waals surface area contributed by atoms with Crippen molar-refractivity contribution in [1.29, 1.82) is 0 Å². The SMILES string of the molecule is COc1ccc(NC(=O)/C=C\c2ccccc2[N+](=O)[O-])c(OC)c1. The Labute approximate surface area is 138 Å². The minimum absolute atomic E-state index is 0.0661. The number of anilines is 1. The first-order chi connectivity index (χ1) is 11.5. The van der Waals surface area contributed by atoms with Crippen molar-refractivity contribution in [3.05, 3.63) is 64.2 Å². The Morgan fingerprint density at radius 1 is 1.17 bits per heavy atom. The maximum Gasteiger partial charge on any atom is 0.276 e. The zero-order chi connectivity index (χ0) is 17.5. The lowest BCUT2D eigenvalue weighted by atomic mass is 10.1. The van der Waals surface area contributed by atoms with Gasteiger partial charge < -0.3 is 14.8 Å². The Kier molecular flexibility index (Phi) is 5.51. The summed E-state index contributed by atoms with van der Waals surface area (Å²) in [5.41, 5.74) is 0.749. The van der Waals surface area contributed by atoms with Gasteiger partial charge in [-0.15, -0.1) is 0 Å². The average Bonchev–Trinajstić information content (AvgIpc) is 2.60. The van der Waals surface area contributed by atoms with Crippen molar-refractivity contribution in [3.8, 4) is 11.5 Å². The first-order valence-corrected chi connectivity index (χ1v) is 6.99. The highest BCUT2D eigenvalue weighted by Gasteiger charge is 2.11. The van der Waals surface area contributed by atoms with Gasteiger partial charge in [0.25, 0.3) is 5.69 Å². The highest BCUT2D eigenvalue weighted by molar-refractivity contribution is 6.03. The van der Waals surface area contributed by atoms with Crippen LogP contribution in [0.4, 0.5) is 11.4 Å². The fourth-order valence-electron chi connectivity index (χ4n) is 2.04. The monoisotopic (exact) mass is 328 g/mol. The van der Waals surface area contributed by atoms with Crippen molar-refractivity contribution in [2.45, 2.75) is 0 Å². The minimum Gasteiger partial charge on any atom is -0.497 e. The van der Waals surface area contributed by atoms with E-state index in [1.165, 1.54) is 32.4 Å². The van der Waals surface area contributed by atoms with Crippen LogP contribution in [0.25, 0.3) is 6.08 Å². The van der Waals surface area contributed by atoms with Crippen molar-refractivity contribution in [2.75, 3.05) is 19.5 Å². The molecule has 0 aromatic heterocycles. The van der Waals surface area contributed by atoms with Crippen molar-refractivity contribution >= 4 is 23.4 Å². The highest BCUT2D eigenvalue weighted by atomic mass is 16.6. The van der Waals surface area contributed by atoms with Crippen LogP contribution in [-0.4, -0.2) is 25.1 Å². The van der Waals surface area contributed by atoms with Gasteiger partial charge in [0.1, 0.15) is 11.5 Å². The summed E-state index contributed by atoms with van der Waals surface area (Å²) in [7, 11) is 3.01. The molecule has 0 heterocycles. The maximum absolute atomic E-state index is 12.0. The van der Waals surface area contributed by atoms with E-state index in [-0.39, 0.29) is 5.69 Å². The van der Waals surface area contributed by atoms with Gasteiger partial charge in [0.2, 0.25) is 5.91 Å². The van der Waals surface area contributed by atoms with Crippen molar-refractivity contribution < 1.29 is 19.2 Å². The molecule has 0 aliphatic rings. The highest BCUT2D eigenvalue weighted by Crippen LogP contribution is 2.29. The number of ether oxygens (including phenoxy) is 2. The Bertz CT molecular complexity index is 786. The number of benzene rings is 2. The van der Waals surface area contributed by atoms with E-state index >= 15 is 0 Å². The second-order valence-electron chi connectivity index (χ2n) is 4.70. The number of nitrogens with one attached hydrogen (secondary N) is 1. The predicted molar refractivity (Wildman–Crippen MR) is 90.3 cm³/mol. The molecule has 0 bridgehead atoms. The van der Waals surface area contributed by atoms with Crippen molar-refractivity contribution in [3.63, 3.8) is 0 Å². The van der Waals surface area contributed by atoms with Gasteiger partial charge in [-0.1, -0.05) is 12.1 Å². The molecule has 0 aliphatic carbocycles. The standard InChI is InChI=1S/C17H16N2O5/c1-23-13-8-9-14(16(11-13)24-2)18-17(20)10-7-12-5-3-4-6-15(12)19(21)22/h3-11H,1-2H3,(H,18,20)/b10-7-. The zero-order valence-electron chi connectivity index (χ0n) is 13.2. The molecule has 7 nitrogen and oxygen atoms in total. The van der Waals surface area contributed by atoms with Crippen LogP contribution in [0.2, 0.25) is 0 Å². The summed E-state index contributed by atoms with van der Waals surface area (Å²) in [6, 6.07) is 11.1. The summed E-state index contributed by atoms with van der Waals surface area (Å²) in [4.78, 5) is 22.5. The van der Waals surface area contributed by atoms with E-state index in [0.717, 1.165) is 0 Å². The molecular weight excluding hydrogens is 312 g/mol. The van der Waals surface area contributed by atoms with Gasteiger partial charge in [-0.3, -0.25) is 14.9 Å². The Balaban J connectivity index is 2.15. The number of carbonyl (C=O) groups is 1. The summed E-state index contributed by atoms with van der Waals surface area (Å²) in [5, 5.41) is 13.6. The lowest BCUT2D eigenvalue weighted by Crippen LogP contribution is -2.09. The molecule has 0 radical (unpaired) electrons. The normalized spacial score (nSPS) is 10.4. The number of nitrogens with zero attached hydrogens (tertiary/aromatic N) is 1. The van der Waals surface area contributed by atoms with Gasteiger partial charge in [-0.05, 0) is 24.3 Å². The maximum atomic E-state index is 12.0. The van der Waals surface area contributed by atoms with E-state index in [1.807, 2.05) is 0 Å². The predicted octanol–water partition coefficient (Wildman–Crippen LogP) is 3.26. The number of hydrogen-bond donors (Lipinski definition) is 1. The molecule has 24 heavy (non-hydrogen) atoms. The van der Waals surface area contributed by atoms with E-state index in [4.69, 9.17) is 9.47 Å². The molecule has 0 spiro atoms. The largest absolute Gasteiger partial charge is 0.497 e. The molecular formula is C17H16N2O5. The molecule has 124 valence electrons. The third kappa shape index (κ3) is 4.10. The van der Waals surface area contributed by atoms with Gasteiger partial charge in [0.15, 0.2) is 0 Å². The minimum atomic E-state index is -0.496. The number of amides is 1. The van der Waals surface area contributed by atoms with Gasteiger partial charge >= 0.3 is 0 Å². The number of nitro groups is 1. The molecule has 1 amide bonds. The zero-order valence-corrected chi connectivity index (χ0v) is 13.2.